The molecule has 0 saturated carbocycles. The summed E-state index contributed by atoms with van der Waals surface area (Å²) in [7, 11) is 1.78. The topological polar surface area (TPSA) is 84.1 Å². The molecule has 0 fully saturated rings. The number of nitrogens with zero attached hydrogens (tertiary/aromatic N) is 5. The van der Waals surface area contributed by atoms with E-state index in [1.807, 2.05) is 6.92 Å². The molecule has 84 valence electrons. The zero-order chi connectivity index (χ0) is 11.3. The molecule has 0 aliphatic carbocycles. The molecule has 7 nitrogen and oxygen atoms in total. The lowest BCUT2D eigenvalue weighted by Crippen LogP contribution is -2.39. The zero-order valence-corrected chi connectivity index (χ0v) is 8.87. The summed E-state index contributed by atoms with van der Waals surface area (Å²) in [5.74, 6) is -0.795. The highest BCUT2D eigenvalue weighted by Gasteiger charge is 2.19. The molecule has 0 saturated heterocycles. The molecule has 0 aliphatic heterocycles. The van der Waals surface area contributed by atoms with Gasteiger partial charge in [0.15, 0.2) is 0 Å². The maximum absolute atomic E-state index is 10.8. The zero-order valence-electron chi connectivity index (χ0n) is 8.87. The van der Waals surface area contributed by atoms with Crippen LogP contribution in [-0.2, 0) is 11.3 Å². The van der Waals surface area contributed by atoms with Crippen LogP contribution in [0.15, 0.2) is 6.33 Å². The van der Waals surface area contributed by atoms with Crippen molar-refractivity contribution in [3.05, 3.63) is 6.33 Å². The van der Waals surface area contributed by atoms with Crippen molar-refractivity contribution in [3.63, 3.8) is 0 Å². The Bertz CT molecular complexity index is 300. The second-order valence-corrected chi connectivity index (χ2v) is 3.32. The van der Waals surface area contributed by atoms with E-state index in [9.17, 15) is 4.79 Å². The smallest absolute Gasteiger partial charge is 0.320 e. The molecule has 1 aromatic heterocycles. The van der Waals surface area contributed by atoms with E-state index in [1.165, 1.54) is 6.33 Å². The van der Waals surface area contributed by atoms with Crippen LogP contribution in [0.1, 0.15) is 13.3 Å². The van der Waals surface area contributed by atoms with Gasteiger partial charge in [0.1, 0.15) is 12.4 Å². The fourth-order valence-corrected chi connectivity index (χ4v) is 1.37. The molecule has 0 aromatic carbocycles. The number of hydrogen-bond acceptors (Lipinski definition) is 5. The Hall–Kier alpha value is -1.50. The summed E-state index contributed by atoms with van der Waals surface area (Å²) in [6, 6.07) is -0.443. The number of aromatic nitrogens is 4. The minimum Gasteiger partial charge on any atom is -0.480 e. The van der Waals surface area contributed by atoms with Crippen molar-refractivity contribution in [1.82, 2.24) is 25.1 Å². The number of carboxylic acid groups (broad SMARTS) is 1. The molecule has 0 radical (unpaired) electrons. The van der Waals surface area contributed by atoms with Crippen molar-refractivity contribution in [2.24, 2.45) is 0 Å². The minimum atomic E-state index is -0.795. The average molecular weight is 213 g/mol. The first kappa shape index (κ1) is 11.6. The number of hydrogen-bond donors (Lipinski definition) is 1. The van der Waals surface area contributed by atoms with E-state index in [0.29, 0.717) is 19.5 Å². The summed E-state index contributed by atoms with van der Waals surface area (Å²) in [6.07, 6.45) is 2.09. The third kappa shape index (κ3) is 3.28. The summed E-state index contributed by atoms with van der Waals surface area (Å²) in [6.45, 7) is 3.05. The van der Waals surface area contributed by atoms with E-state index in [2.05, 4.69) is 15.5 Å². The van der Waals surface area contributed by atoms with Gasteiger partial charge in [-0.3, -0.25) is 9.69 Å². The molecule has 1 heterocycles. The molecule has 0 bridgehead atoms. The molecule has 1 N–H and O–H groups in total. The summed E-state index contributed by atoms with van der Waals surface area (Å²) in [5.41, 5.74) is 0. The van der Waals surface area contributed by atoms with Crippen molar-refractivity contribution in [2.45, 2.75) is 25.9 Å². The van der Waals surface area contributed by atoms with Crippen molar-refractivity contribution >= 4 is 5.97 Å². The third-order valence-corrected chi connectivity index (χ3v) is 2.28. The first-order valence-electron chi connectivity index (χ1n) is 4.79. The standard InChI is InChI=1S/C8H15N5O2/c1-3-7(8(14)15)12(2)4-5-13-6-9-10-11-13/h6-7H,3-5H2,1-2H3,(H,14,15). The van der Waals surface area contributed by atoms with E-state index in [-0.39, 0.29) is 0 Å². The van der Waals surface area contributed by atoms with Crippen molar-refractivity contribution in [3.8, 4) is 0 Å². The maximum Gasteiger partial charge on any atom is 0.320 e. The average Bonchev–Trinajstić information content (AvgIpc) is 2.67. The van der Waals surface area contributed by atoms with Gasteiger partial charge in [-0.25, -0.2) is 4.68 Å². The largest absolute Gasteiger partial charge is 0.480 e. The van der Waals surface area contributed by atoms with Gasteiger partial charge in [0.05, 0.1) is 6.54 Å². The predicted octanol–water partition coefficient (Wildman–Crippen LogP) is -0.532. The van der Waals surface area contributed by atoms with Gasteiger partial charge in [0.2, 0.25) is 0 Å². The lowest BCUT2D eigenvalue weighted by atomic mass is 10.2. The van der Waals surface area contributed by atoms with Crippen LogP contribution >= 0.6 is 0 Å². The summed E-state index contributed by atoms with van der Waals surface area (Å²) >= 11 is 0. The summed E-state index contributed by atoms with van der Waals surface area (Å²) in [4.78, 5) is 12.6. The molecule has 15 heavy (non-hydrogen) atoms. The molecule has 1 rings (SSSR count). The fourth-order valence-electron chi connectivity index (χ4n) is 1.37. The second kappa shape index (κ2) is 5.40. The first-order chi connectivity index (χ1) is 7.15. The molecule has 0 aliphatic rings. The Morgan fingerprint density at radius 3 is 2.87 bits per heavy atom. The van der Waals surface area contributed by atoms with E-state index in [1.54, 1.807) is 16.6 Å². The van der Waals surface area contributed by atoms with Gasteiger partial charge in [-0.2, -0.15) is 0 Å². The molecular formula is C8H15N5O2. The SMILES string of the molecule is CCC(C(=O)O)N(C)CCn1cnnn1. The van der Waals surface area contributed by atoms with Crippen molar-refractivity contribution < 1.29 is 9.90 Å². The highest BCUT2D eigenvalue weighted by Crippen LogP contribution is 2.01. The van der Waals surface area contributed by atoms with E-state index in [0.717, 1.165) is 0 Å². The maximum atomic E-state index is 10.8. The number of aliphatic carboxylic acids is 1. The van der Waals surface area contributed by atoms with Crippen LogP contribution < -0.4 is 0 Å². The van der Waals surface area contributed by atoms with E-state index < -0.39 is 12.0 Å². The molecule has 7 heteroatoms. The molecule has 1 atom stereocenters. The normalized spacial score (nSPS) is 13.0. The number of likely N-dealkylation sites (N-methyl/N-ethyl adjacent to an activating group) is 1. The Morgan fingerprint density at radius 1 is 1.67 bits per heavy atom. The van der Waals surface area contributed by atoms with Crippen LogP contribution in [0.25, 0.3) is 0 Å². The summed E-state index contributed by atoms with van der Waals surface area (Å²) < 4.78 is 1.57. The molecule has 0 spiro atoms. The number of carbonyl (C=O) groups is 1. The van der Waals surface area contributed by atoms with Crippen LogP contribution in [0.5, 0.6) is 0 Å². The number of carboxylic acids is 1. The predicted molar refractivity (Wildman–Crippen MR) is 52.2 cm³/mol. The van der Waals surface area contributed by atoms with Gasteiger partial charge in [-0.1, -0.05) is 6.92 Å². The Morgan fingerprint density at radius 2 is 2.40 bits per heavy atom. The van der Waals surface area contributed by atoms with Gasteiger partial charge in [-0.05, 0) is 23.9 Å². The minimum absolute atomic E-state index is 0.443. The van der Waals surface area contributed by atoms with E-state index >= 15 is 0 Å². The van der Waals surface area contributed by atoms with Gasteiger partial charge >= 0.3 is 5.97 Å². The fraction of sp³-hybridized carbons (Fsp3) is 0.750. The molecular weight excluding hydrogens is 198 g/mol. The quantitative estimate of drug-likeness (QED) is 0.683. The van der Waals surface area contributed by atoms with Crippen molar-refractivity contribution in [1.29, 1.82) is 0 Å². The molecule has 0 amide bonds. The number of rotatable bonds is 6. The number of tetrazole rings is 1. The van der Waals surface area contributed by atoms with Crippen LogP contribution in [-0.4, -0.2) is 55.8 Å². The van der Waals surface area contributed by atoms with Gasteiger partial charge in [0.25, 0.3) is 0 Å². The third-order valence-electron chi connectivity index (χ3n) is 2.28. The van der Waals surface area contributed by atoms with Crippen molar-refractivity contribution in [2.75, 3.05) is 13.6 Å². The van der Waals surface area contributed by atoms with Crippen LogP contribution in [0.3, 0.4) is 0 Å². The molecule has 1 aromatic rings. The Balaban J connectivity index is 2.40. The highest BCUT2D eigenvalue weighted by atomic mass is 16.4. The summed E-state index contributed by atoms with van der Waals surface area (Å²) in [5, 5.41) is 19.6. The van der Waals surface area contributed by atoms with Crippen LogP contribution in [0.2, 0.25) is 0 Å². The molecule has 1 unspecified atom stereocenters. The Kier molecular flexibility index (Phi) is 4.17. The first-order valence-corrected chi connectivity index (χ1v) is 4.79. The van der Waals surface area contributed by atoms with E-state index in [4.69, 9.17) is 5.11 Å². The lowest BCUT2D eigenvalue weighted by molar-refractivity contribution is -0.142. The second-order valence-electron chi connectivity index (χ2n) is 3.32. The lowest BCUT2D eigenvalue weighted by Gasteiger charge is -2.22. The van der Waals surface area contributed by atoms with Crippen LogP contribution in [0, 0.1) is 0 Å². The van der Waals surface area contributed by atoms with Gasteiger partial charge in [-0.15, -0.1) is 5.10 Å². The van der Waals surface area contributed by atoms with Gasteiger partial charge < -0.3 is 5.11 Å². The highest BCUT2D eigenvalue weighted by molar-refractivity contribution is 5.73. The van der Waals surface area contributed by atoms with Crippen LogP contribution in [0.4, 0.5) is 0 Å². The monoisotopic (exact) mass is 213 g/mol. The van der Waals surface area contributed by atoms with Gasteiger partial charge in [0, 0.05) is 6.54 Å². The Labute approximate surface area is 87.7 Å².